The first-order valence-corrected chi connectivity index (χ1v) is 4.84. The summed E-state index contributed by atoms with van der Waals surface area (Å²) in [7, 11) is 0. The highest BCUT2D eigenvalue weighted by Gasteiger charge is 2.12. The molecule has 1 unspecified atom stereocenters. The van der Waals surface area contributed by atoms with Gasteiger partial charge in [-0.05, 0) is 32.2 Å². The van der Waals surface area contributed by atoms with Gasteiger partial charge in [-0.15, -0.1) is 6.58 Å². The fourth-order valence-electron chi connectivity index (χ4n) is 1.73. The number of nitrogens with one attached hydrogen (secondary N) is 1. The van der Waals surface area contributed by atoms with Crippen LogP contribution in [-0.4, -0.2) is 12.6 Å². The van der Waals surface area contributed by atoms with Crippen molar-refractivity contribution in [2.24, 2.45) is 0 Å². The molecule has 0 aromatic heterocycles. The van der Waals surface area contributed by atoms with Crippen LogP contribution in [0, 0.1) is 0 Å². The van der Waals surface area contributed by atoms with E-state index in [1.54, 1.807) is 0 Å². The minimum absolute atomic E-state index is 0.686. The molecule has 0 spiro atoms. The maximum Gasteiger partial charge on any atom is 0.0104 e. The van der Waals surface area contributed by atoms with E-state index in [-0.39, 0.29) is 0 Å². The maximum atomic E-state index is 4.03. The highest BCUT2D eigenvalue weighted by Crippen LogP contribution is 2.15. The molecule has 1 saturated heterocycles. The van der Waals surface area contributed by atoms with E-state index in [4.69, 9.17) is 0 Å². The third-order valence-corrected chi connectivity index (χ3v) is 2.38. The second kappa shape index (κ2) is 5.15. The second-order valence-corrected chi connectivity index (χ2v) is 3.59. The molecule has 1 nitrogen and oxygen atoms in total. The Morgan fingerprint density at radius 1 is 1.50 bits per heavy atom. The van der Waals surface area contributed by atoms with E-state index in [1.807, 2.05) is 6.08 Å². The van der Waals surface area contributed by atoms with Gasteiger partial charge in [-0.3, -0.25) is 0 Å². The zero-order chi connectivity index (χ0) is 8.81. The Bertz CT molecular complexity index is 154. The first-order chi connectivity index (χ1) is 5.83. The summed E-state index contributed by atoms with van der Waals surface area (Å²) in [5, 5.41) is 3.51. The monoisotopic (exact) mass is 165 g/mol. The second-order valence-electron chi connectivity index (χ2n) is 3.59. The Labute approximate surface area is 75.6 Å². The van der Waals surface area contributed by atoms with Crippen LogP contribution in [0.2, 0.25) is 0 Å². The van der Waals surface area contributed by atoms with E-state index < -0.39 is 0 Å². The molecule has 0 aliphatic carbocycles. The van der Waals surface area contributed by atoms with Crippen molar-refractivity contribution in [3.8, 4) is 0 Å². The van der Waals surface area contributed by atoms with E-state index in [9.17, 15) is 0 Å². The lowest BCUT2D eigenvalue weighted by Crippen LogP contribution is -2.34. The minimum Gasteiger partial charge on any atom is -0.314 e. The quantitative estimate of drug-likeness (QED) is 0.631. The Morgan fingerprint density at radius 2 is 2.33 bits per heavy atom. The molecule has 0 radical (unpaired) electrons. The van der Waals surface area contributed by atoms with Crippen LogP contribution >= 0.6 is 0 Å². The van der Waals surface area contributed by atoms with Crippen molar-refractivity contribution in [1.82, 2.24) is 5.32 Å². The molecule has 12 heavy (non-hydrogen) atoms. The molecule has 1 aliphatic rings. The summed E-state index contributed by atoms with van der Waals surface area (Å²) in [5.41, 5.74) is 1.31. The van der Waals surface area contributed by atoms with Gasteiger partial charge in [0.05, 0.1) is 0 Å². The lowest BCUT2D eigenvalue weighted by Gasteiger charge is -2.23. The molecule has 1 rings (SSSR count). The summed E-state index contributed by atoms with van der Waals surface area (Å²) in [5.74, 6) is 0. The smallest absolute Gasteiger partial charge is 0.0104 e. The Balaban J connectivity index is 2.19. The van der Waals surface area contributed by atoms with Crippen molar-refractivity contribution in [3.05, 3.63) is 24.8 Å². The first kappa shape index (κ1) is 9.53. The van der Waals surface area contributed by atoms with Gasteiger partial charge in [0.1, 0.15) is 0 Å². The van der Waals surface area contributed by atoms with Crippen LogP contribution in [0.1, 0.15) is 32.1 Å². The van der Waals surface area contributed by atoms with Crippen molar-refractivity contribution in [2.75, 3.05) is 6.54 Å². The van der Waals surface area contributed by atoms with Crippen molar-refractivity contribution in [1.29, 1.82) is 0 Å². The Hall–Kier alpha value is -0.560. The fraction of sp³-hybridized carbons (Fsp3) is 0.636. The number of rotatable bonds is 4. The average Bonchev–Trinajstić information content (AvgIpc) is 2.06. The van der Waals surface area contributed by atoms with Crippen LogP contribution in [0.5, 0.6) is 0 Å². The Morgan fingerprint density at radius 3 is 2.92 bits per heavy atom. The maximum absolute atomic E-state index is 4.03. The van der Waals surface area contributed by atoms with Gasteiger partial charge in [0.2, 0.25) is 0 Å². The van der Waals surface area contributed by atoms with E-state index >= 15 is 0 Å². The summed E-state index contributed by atoms with van der Waals surface area (Å²) < 4.78 is 0. The average molecular weight is 165 g/mol. The van der Waals surface area contributed by atoms with Gasteiger partial charge < -0.3 is 5.32 Å². The first-order valence-electron chi connectivity index (χ1n) is 4.84. The molecule has 0 saturated carbocycles. The molecular weight excluding hydrogens is 146 g/mol. The molecule has 0 aromatic carbocycles. The highest BCUT2D eigenvalue weighted by molar-refractivity contribution is 5.02. The van der Waals surface area contributed by atoms with Gasteiger partial charge >= 0.3 is 0 Å². The van der Waals surface area contributed by atoms with E-state index in [0.29, 0.717) is 6.04 Å². The number of piperidine rings is 1. The summed E-state index contributed by atoms with van der Waals surface area (Å²) >= 11 is 0. The lowest BCUT2D eigenvalue weighted by atomic mass is 9.97. The van der Waals surface area contributed by atoms with Crippen LogP contribution in [0.3, 0.4) is 0 Å². The predicted octanol–water partition coefficient (Wildman–Crippen LogP) is 2.65. The molecule has 1 heterocycles. The van der Waals surface area contributed by atoms with E-state index in [2.05, 4.69) is 18.5 Å². The molecular formula is C11H19N. The molecule has 1 fully saturated rings. The van der Waals surface area contributed by atoms with Gasteiger partial charge in [-0.2, -0.15) is 0 Å². The fourth-order valence-corrected chi connectivity index (χ4v) is 1.73. The van der Waals surface area contributed by atoms with Crippen LogP contribution < -0.4 is 5.32 Å². The molecule has 1 heteroatoms. The van der Waals surface area contributed by atoms with Crippen LogP contribution in [0.4, 0.5) is 0 Å². The SMILES string of the molecule is C=CCC(=C)CC1CCCCN1. The number of allylic oxidation sites excluding steroid dienone is 1. The molecule has 68 valence electrons. The topological polar surface area (TPSA) is 12.0 Å². The molecule has 1 aliphatic heterocycles. The molecule has 1 N–H and O–H groups in total. The molecule has 0 amide bonds. The van der Waals surface area contributed by atoms with Gasteiger partial charge in [-0.1, -0.05) is 24.6 Å². The number of hydrogen-bond donors (Lipinski definition) is 1. The van der Waals surface area contributed by atoms with Gasteiger partial charge in [0.15, 0.2) is 0 Å². The summed E-state index contributed by atoms with van der Waals surface area (Å²) in [4.78, 5) is 0. The lowest BCUT2D eigenvalue weighted by molar-refractivity contribution is 0.397. The zero-order valence-electron chi connectivity index (χ0n) is 7.81. The van der Waals surface area contributed by atoms with Gasteiger partial charge in [0, 0.05) is 6.04 Å². The normalized spacial score (nSPS) is 23.5. The predicted molar refractivity (Wildman–Crippen MR) is 54.2 cm³/mol. The zero-order valence-corrected chi connectivity index (χ0v) is 7.81. The van der Waals surface area contributed by atoms with E-state index in [1.165, 1.54) is 31.4 Å². The minimum atomic E-state index is 0.686. The number of hydrogen-bond acceptors (Lipinski definition) is 1. The largest absolute Gasteiger partial charge is 0.314 e. The third-order valence-electron chi connectivity index (χ3n) is 2.38. The van der Waals surface area contributed by atoms with Gasteiger partial charge in [0.25, 0.3) is 0 Å². The molecule has 1 atom stereocenters. The van der Waals surface area contributed by atoms with Gasteiger partial charge in [-0.25, -0.2) is 0 Å². The highest BCUT2D eigenvalue weighted by atomic mass is 14.9. The third kappa shape index (κ3) is 3.22. The van der Waals surface area contributed by atoms with Crippen LogP contribution in [-0.2, 0) is 0 Å². The Kier molecular flexibility index (Phi) is 4.09. The van der Waals surface area contributed by atoms with Crippen LogP contribution in [0.15, 0.2) is 24.8 Å². The standard InChI is InChI=1S/C11H19N/c1-3-6-10(2)9-11-7-4-5-8-12-11/h3,11-12H,1-2,4-9H2. The van der Waals surface area contributed by atoms with Crippen molar-refractivity contribution >= 4 is 0 Å². The van der Waals surface area contributed by atoms with Crippen molar-refractivity contribution in [2.45, 2.75) is 38.1 Å². The summed E-state index contributed by atoms with van der Waals surface area (Å²) in [6.07, 6.45) is 8.06. The van der Waals surface area contributed by atoms with Crippen LogP contribution in [0.25, 0.3) is 0 Å². The van der Waals surface area contributed by atoms with E-state index in [0.717, 1.165) is 12.8 Å². The molecule has 0 bridgehead atoms. The van der Waals surface area contributed by atoms with Crippen molar-refractivity contribution < 1.29 is 0 Å². The summed E-state index contributed by atoms with van der Waals surface area (Å²) in [6.45, 7) is 8.93. The molecule has 0 aromatic rings. The summed E-state index contributed by atoms with van der Waals surface area (Å²) in [6, 6.07) is 0.686. The van der Waals surface area contributed by atoms with Crippen molar-refractivity contribution in [3.63, 3.8) is 0 Å².